The highest BCUT2D eigenvalue weighted by Gasteiger charge is 2.40. The van der Waals surface area contributed by atoms with E-state index in [0.29, 0.717) is 30.2 Å². The maximum absolute atomic E-state index is 13.8. The first-order chi connectivity index (χ1) is 14.9. The van der Waals surface area contributed by atoms with Gasteiger partial charge in [-0.25, -0.2) is 18.7 Å². The number of nitrogens with zero attached hydrogens (tertiary/aromatic N) is 5. The quantitative estimate of drug-likeness (QED) is 0.708. The summed E-state index contributed by atoms with van der Waals surface area (Å²) < 4.78 is 63.1. The molecule has 3 fully saturated rings. The largest absolute Gasteiger partial charge is 0.431 e. The van der Waals surface area contributed by atoms with Crippen molar-refractivity contribution in [1.29, 1.82) is 0 Å². The first-order valence-electron chi connectivity index (χ1n) is 9.88. The molecule has 31 heavy (non-hydrogen) atoms. The van der Waals surface area contributed by atoms with Crippen molar-refractivity contribution >= 4 is 17.6 Å². The van der Waals surface area contributed by atoms with Crippen molar-refractivity contribution in [2.24, 2.45) is 0 Å². The molecule has 3 aliphatic rings. The fourth-order valence-electron chi connectivity index (χ4n) is 4.21. The molecule has 0 spiro atoms. The van der Waals surface area contributed by atoms with E-state index in [2.05, 4.69) is 24.6 Å². The number of morpholine rings is 1. The first kappa shape index (κ1) is 20.0. The average Bonchev–Trinajstić information content (AvgIpc) is 3.45. The van der Waals surface area contributed by atoms with Crippen LogP contribution in [0.5, 0.6) is 5.75 Å². The van der Waals surface area contributed by atoms with Crippen molar-refractivity contribution in [3.8, 4) is 17.0 Å². The third kappa shape index (κ3) is 3.80. The van der Waals surface area contributed by atoms with Crippen molar-refractivity contribution < 1.29 is 27.0 Å². The van der Waals surface area contributed by atoms with Crippen LogP contribution in [-0.2, 0) is 4.74 Å². The molecular formula is C19H20F4N6O2. The van der Waals surface area contributed by atoms with Gasteiger partial charge in [0.15, 0.2) is 23.9 Å². The Morgan fingerprint density at radius 2 is 1.90 bits per heavy atom. The lowest BCUT2D eigenvalue weighted by Crippen LogP contribution is -2.38. The van der Waals surface area contributed by atoms with E-state index in [0.717, 1.165) is 6.42 Å². The van der Waals surface area contributed by atoms with Crippen LogP contribution in [0.2, 0.25) is 0 Å². The number of rotatable bonds is 5. The second-order valence-electron chi connectivity index (χ2n) is 7.83. The lowest BCUT2D eigenvalue weighted by molar-refractivity contribution is -0.0494. The Balaban J connectivity index is 1.55. The van der Waals surface area contributed by atoms with E-state index in [4.69, 9.17) is 10.5 Å². The van der Waals surface area contributed by atoms with E-state index in [1.54, 1.807) is 6.07 Å². The number of ether oxygens (including phenoxy) is 2. The molecule has 12 heteroatoms. The highest BCUT2D eigenvalue weighted by molar-refractivity contribution is 5.68. The Kier molecular flexibility index (Phi) is 4.95. The number of hydrogen-bond acceptors (Lipinski definition) is 8. The molecular weight excluding hydrogens is 420 g/mol. The van der Waals surface area contributed by atoms with Gasteiger partial charge in [-0.05, 0) is 12.5 Å². The predicted molar refractivity (Wildman–Crippen MR) is 104 cm³/mol. The van der Waals surface area contributed by atoms with E-state index in [9.17, 15) is 17.6 Å². The summed E-state index contributed by atoms with van der Waals surface area (Å²) in [5, 5.41) is 0. The topological polar surface area (TPSA) is 89.6 Å². The molecule has 5 rings (SSSR count). The molecule has 2 bridgehead atoms. The van der Waals surface area contributed by atoms with Crippen LogP contribution in [-0.4, -0.2) is 72.3 Å². The number of anilines is 3. The van der Waals surface area contributed by atoms with Crippen LogP contribution in [0.15, 0.2) is 18.3 Å². The molecule has 3 aliphatic heterocycles. The van der Waals surface area contributed by atoms with Crippen LogP contribution in [0.1, 0.15) is 6.42 Å². The van der Waals surface area contributed by atoms with Crippen LogP contribution < -0.4 is 20.3 Å². The third-order valence-corrected chi connectivity index (χ3v) is 5.75. The van der Waals surface area contributed by atoms with Gasteiger partial charge >= 0.3 is 6.61 Å². The standard InChI is InChI=1S/C19H20F4N6O2/c20-12-6-28(7-13(12)21)19-26-14(9-1-15(31-18(22)23)17(24)25-4-9)3-16(27-19)29-5-11-2-10(29)8-30-11/h1,3-4,10-13,18H,2,5-8H2,(H2,24,25)/t10-,11-,12?,13?/m1/s1. The molecule has 3 saturated heterocycles. The molecule has 166 valence electrons. The number of nitrogens with two attached hydrogens (primary N) is 1. The summed E-state index contributed by atoms with van der Waals surface area (Å²) in [5.41, 5.74) is 6.35. The van der Waals surface area contributed by atoms with Crippen molar-refractivity contribution in [2.45, 2.75) is 37.5 Å². The summed E-state index contributed by atoms with van der Waals surface area (Å²) in [4.78, 5) is 16.4. The zero-order valence-corrected chi connectivity index (χ0v) is 16.3. The van der Waals surface area contributed by atoms with E-state index in [1.807, 2.05) is 0 Å². The number of nitrogen functional groups attached to an aromatic ring is 1. The molecule has 8 nitrogen and oxygen atoms in total. The van der Waals surface area contributed by atoms with Crippen LogP contribution >= 0.6 is 0 Å². The normalized spacial score (nSPS) is 27.5. The van der Waals surface area contributed by atoms with Gasteiger partial charge in [0.05, 0.1) is 37.5 Å². The Hall–Kier alpha value is -2.89. The van der Waals surface area contributed by atoms with Crippen molar-refractivity contribution in [3.05, 3.63) is 18.3 Å². The number of alkyl halides is 4. The number of hydrogen-bond donors (Lipinski definition) is 1. The maximum atomic E-state index is 13.8. The second-order valence-corrected chi connectivity index (χ2v) is 7.83. The van der Waals surface area contributed by atoms with Gasteiger partial charge in [-0.3, -0.25) is 0 Å². The Bertz CT molecular complexity index is 972. The Morgan fingerprint density at radius 1 is 1.13 bits per heavy atom. The van der Waals surface area contributed by atoms with Crippen LogP contribution in [0.3, 0.4) is 0 Å². The number of fused-ring (bicyclic) bond motifs is 2. The monoisotopic (exact) mass is 440 g/mol. The van der Waals surface area contributed by atoms with Gasteiger partial charge in [-0.2, -0.15) is 13.8 Å². The molecule has 2 N–H and O–H groups in total. The number of pyridine rings is 1. The fourth-order valence-corrected chi connectivity index (χ4v) is 4.21. The molecule has 2 unspecified atom stereocenters. The maximum Gasteiger partial charge on any atom is 0.387 e. The summed E-state index contributed by atoms with van der Waals surface area (Å²) in [6.45, 7) is -2.20. The summed E-state index contributed by atoms with van der Waals surface area (Å²) in [7, 11) is 0. The molecule has 0 saturated carbocycles. The highest BCUT2D eigenvalue weighted by Crippen LogP contribution is 2.36. The van der Waals surface area contributed by atoms with Gasteiger partial charge in [0.2, 0.25) is 5.95 Å². The SMILES string of the molecule is Nc1ncc(-c2cc(N3C[C@H]4C[C@@H]3CO4)nc(N3CC(F)C(F)C3)n2)cc1OC(F)F. The lowest BCUT2D eigenvalue weighted by atomic mass is 10.2. The van der Waals surface area contributed by atoms with Crippen molar-refractivity contribution in [2.75, 3.05) is 41.8 Å². The molecule has 0 aliphatic carbocycles. The van der Waals surface area contributed by atoms with Gasteiger partial charge in [-0.1, -0.05) is 0 Å². The lowest BCUT2D eigenvalue weighted by Gasteiger charge is -2.29. The molecule has 2 aromatic heterocycles. The van der Waals surface area contributed by atoms with Crippen LogP contribution in [0, 0.1) is 0 Å². The average molecular weight is 440 g/mol. The Labute approximate surface area is 175 Å². The van der Waals surface area contributed by atoms with Gasteiger partial charge in [-0.15, -0.1) is 0 Å². The molecule has 0 radical (unpaired) electrons. The van der Waals surface area contributed by atoms with Gasteiger partial charge < -0.3 is 25.0 Å². The summed E-state index contributed by atoms with van der Waals surface area (Å²) >= 11 is 0. The smallest absolute Gasteiger partial charge is 0.387 e. The third-order valence-electron chi connectivity index (χ3n) is 5.75. The van der Waals surface area contributed by atoms with E-state index in [1.165, 1.54) is 17.2 Å². The molecule has 5 heterocycles. The minimum atomic E-state index is -3.07. The van der Waals surface area contributed by atoms with Gasteiger partial charge in [0, 0.05) is 24.4 Å². The molecule has 0 amide bonds. The van der Waals surface area contributed by atoms with Gasteiger partial charge in [0.25, 0.3) is 0 Å². The Morgan fingerprint density at radius 3 is 2.55 bits per heavy atom. The fraction of sp³-hybridized carbons (Fsp3) is 0.526. The van der Waals surface area contributed by atoms with Crippen molar-refractivity contribution in [3.63, 3.8) is 0 Å². The molecule has 2 aromatic rings. The van der Waals surface area contributed by atoms with E-state index in [-0.39, 0.29) is 42.8 Å². The van der Waals surface area contributed by atoms with E-state index < -0.39 is 19.0 Å². The summed E-state index contributed by atoms with van der Waals surface area (Å²) in [6.07, 6.45) is -0.906. The predicted octanol–water partition coefficient (Wildman–Crippen LogP) is 2.20. The van der Waals surface area contributed by atoms with E-state index >= 15 is 0 Å². The zero-order chi connectivity index (χ0) is 21.7. The summed E-state index contributed by atoms with van der Waals surface area (Å²) in [5.74, 6) is 0.262. The minimum Gasteiger partial charge on any atom is -0.431 e. The highest BCUT2D eigenvalue weighted by atomic mass is 19.3. The minimum absolute atomic E-state index is 0.105. The van der Waals surface area contributed by atoms with Gasteiger partial charge in [0.1, 0.15) is 5.82 Å². The first-order valence-corrected chi connectivity index (χ1v) is 9.88. The zero-order valence-electron chi connectivity index (χ0n) is 16.3. The van der Waals surface area contributed by atoms with Crippen LogP contribution in [0.4, 0.5) is 35.1 Å². The summed E-state index contributed by atoms with van der Waals surface area (Å²) in [6, 6.07) is 3.15. The molecule has 4 atom stereocenters. The van der Waals surface area contributed by atoms with Crippen molar-refractivity contribution in [1.82, 2.24) is 15.0 Å². The number of aromatic nitrogens is 3. The second kappa shape index (κ2) is 7.66. The van der Waals surface area contributed by atoms with Crippen LogP contribution in [0.25, 0.3) is 11.3 Å². The number of halogens is 4. The molecule has 0 aromatic carbocycles.